The molecule has 716 valence electrons. The highest BCUT2D eigenvalue weighted by molar-refractivity contribution is 6.37. The molecule has 0 spiro atoms. The second-order valence-electron chi connectivity index (χ2n) is 36.3. The summed E-state index contributed by atoms with van der Waals surface area (Å²) in [6.07, 6.45) is 30.8. The van der Waals surface area contributed by atoms with Crippen LogP contribution in [0, 0.1) is 23.7 Å². The van der Waals surface area contributed by atoms with E-state index in [0.29, 0.717) is 174 Å². The van der Waals surface area contributed by atoms with Crippen LogP contribution in [0.3, 0.4) is 0 Å². The number of piperazine rings is 2. The number of fused-ring (bicyclic) bond motifs is 3. The first-order valence-electron chi connectivity index (χ1n) is 47.5. The average molecular weight is 1830 g/mol. The number of nitrogens with one attached hydrogen (secondary N) is 2. The van der Waals surface area contributed by atoms with Crippen LogP contribution in [-0.2, 0) is 83.2 Å². The summed E-state index contributed by atoms with van der Waals surface area (Å²) in [5.41, 5.74) is 21.6. The van der Waals surface area contributed by atoms with E-state index in [0.717, 1.165) is 137 Å². The molecule has 7 N–H and O–H groups in total. The highest BCUT2D eigenvalue weighted by Crippen LogP contribution is 2.36. The molecule has 2 unspecified atom stereocenters. The normalized spacial score (nSPS) is 19.8. The molecule has 5 amide bonds. The molecule has 35 nitrogen and oxygen atoms in total. The molecule has 13 rings (SSSR count). The van der Waals surface area contributed by atoms with Crippen LogP contribution in [0.4, 0.5) is 28.5 Å². The van der Waals surface area contributed by atoms with E-state index in [2.05, 4.69) is 93.4 Å². The zero-order chi connectivity index (χ0) is 93.7. The lowest BCUT2D eigenvalue weighted by Gasteiger charge is -2.35. The maximum absolute atomic E-state index is 13.8. The molecule has 0 radical (unpaired) electrons. The monoisotopic (exact) mass is 1830 g/mol. The quantitative estimate of drug-likeness (QED) is 0.00778. The van der Waals surface area contributed by atoms with Crippen LogP contribution in [-0.4, -0.2) is 272 Å². The Morgan fingerprint density at radius 1 is 0.692 bits per heavy atom. The van der Waals surface area contributed by atoms with E-state index >= 15 is 0 Å². The van der Waals surface area contributed by atoms with Gasteiger partial charge in [0.05, 0.1) is 68.7 Å². The molecule has 5 aromatic heterocycles. The lowest BCUT2D eigenvalue weighted by atomic mass is 9.83. The van der Waals surface area contributed by atoms with Crippen molar-refractivity contribution in [3.63, 3.8) is 0 Å². The molecule has 133 heavy (non-hydrogen) atoms. The fourth-order valence-electron chi connectivity index (χ4n) is 18.5. The van der Waals surface area contributed by atoms with Crippen molar-refractivity contribution in [1.82, 2.24) is 74.9 Å². The number of ketones is 2. The van der Waals surface area contributed by atoms with Gasteiger partial charge < -0.3 is 84.5 Å². The molecule has 6 aliphatic rings. The van der Waals surface area contributed by atoms with Crippen molar-refractivity contribution in [2.45, 2.75) is 219 Å². The van der Waals surface area contributed by atoms with E-state index in [-0.39, 0.29) is 117 Å². The number of nitrogen functional groups attached to an aromatic ring is 2. The Labute approximate surface area is 778 Å². The van der Waals surface area contributed by atoms with E-state index in [4.69, 9.17) is 49.4 Å². The third-order valence-corrected chi connectivity index (χ3v) is 26.5. The van der Waals surface area contributed by atoms with Crippen molar-refractivity contribution in [2.24, 2.45) is 23.7 Å². The Morgan fingerprint density at radius 3 is 2.18 bits per heavy atom. The number of piperidine rings is 1. The fourth-order valence-corrected chi connectivity index (χ4v) is 18.5. The number of methoxy groups -OCH3 is 1. The van der Waals surface area contributed by atoms with E-state index in [9.17, 15) is 43.5 Å². The highest BCUT2D eigenvalue weighted by Gasteiger charge is 2.37. The standard InChI is InChI=1S/C98H133N19O16/c1-65(14-9-7-10-15-67(3)85(127-6)54-79-16-13-17-84(131-79)90(123)94(125)113-34-11-8-12-35-113)50-68(4)81(119)55-82(120)69(5)51-66(2)18-25-77(130-64-118)26-20-70-21-27-78(28-22-70)132-98(126)101-33-48-128-46-31-86(121)102-56-72-57-103-96(104-58-72)115-43-41-112(42-44-115)87(122)32-47-129-49-45-111-37-39-114(40-38-111)97-105-59-76(60-106-97)93(124)116-36-30-73-52-71(19-23-75(73)62-116)61-117-92-88(91(99)107-63-108-92)89(110-117)74-24-29-83-80(53-74)109-95(100)133-83/h7,9-10,14-15,19,23-24,29,51-53,57-60,63-66,68,70,77-79,82,84-85,120H,8,11-13,16-18,20-22,25-28,30-50,54-56,61-62H2,1-6H3,(H2,100,109)(H,101,126)(H,102,121)(H2,99,107,108)/b10-7+,14-9+,67-15+,69-51+/t65-,66+,68-,70?,77+,78?,79?,82+,84?,85+/m1/s1. The van der Waals surface area contributed by atoms with E-state index in [1.54, 1.807) is 42.9 Å². The minimum atomic E-state index is -0.894. The summed E-state index contributed by atoms with van der Waals surface area (Å²) in [4.78, 5) is 147. The third kappa shape index (κ3) is 28.8. The van der Waals surface area contributed by atoms with Crippen LogP contribution < -0.4 is 31.9 Å². The van der Waals surface area contributed by atoms with Crippen LogP contribution in [0.2, 0.25) is 0 Å². The van der Waals surface area contributed by atoms with Crippen molar-refractivity contribution >= 4 is 93.6 Å². The zero-order valence-electron chi connectivity index (χ0n) is 77.9. The van der Waals surface area contributed by atoms with Gasteiger partial charge in [-0.05, 0) is 180 Å². The first kappa shape index (κ1) is 99.0. The molecule has 2 aromatic carbocycles. The van der Waals surface area contributed by atoms with Crippen molar-refractivity contribution < 1.29 is 76.3 Å². The topological polar surface area (TPSA) is 429 Å². The Balaban J connectivity index is 0.416. The molecule has 4 saturated heterocycles. The van der Waals surface area contributed by atoms with Crippen molar-refractivity contribution in [2.75, 3.05) is 140 Å². The summed E-state index contributed by atoms with van der Waals surface area (Å²) >= 11 is 0. The summed E-state index contributed by atoms with van der Waals surface area (Å²) in [6.45, 7) is 20.8. The fraction of sp³-hybridized carbons (Fsp3) is 0.571. The lowest BCUT2D eigenvalue weighted by molar-refractivity contribution is -0.157. The number of hydrogen-bond acceptors (Lipinski definition) is 29. The largest absolute Gasteiger partial charge is 0.465 e. The van der Waals surface area contributed by atoms with Gasteiger partial charge in [0.15, 0.2) is 11.2 Å². The second-order valence-corrected chi connectivity index (χ2v) is 36.3. The molecule has 1 saturated carbocycles. The van der Waals surface area contributed by atoms with Crippen LogP contribution in [0.1, 0.15) is 189 Å². The van der Waals surface area contributed by atoms with Gasteiger partial charge in [0.25, 0.3) is 24.3 Å². The van der Waals surface area contributed by atoms with Gasteiger partial charge in [0, 0.05) is 166 Å². The van der Waals surface area contributed by atoms with E-state index in [1.165, 1.54) is 11.9 Å². The number of alkyl carbamates (subject to hydrolysis) is 1. The van der Waals surface area contributed by atoms with Gasteiger partial charge in [0.2, 0.25) is 29.5 Å². The van der Waals surface area contributed by atoms with Gasteiger partial charge in [-0.2, -0.15) is 10.1 Å². The Kier molecular flexibility index (Phi) is 36.8. The van der Waals surface area contributed by atoms with Crippen LogP contribution >= 0.6 is 0 Å². The Bertz CT molecular complexity index is 5170. The van der Waals surface area contributed by atoms with Crippen LogP contribution in [0.15, 0.2) is 120 Å². The third-order valence-electron chi connectivity index (χ3n) is 26.5. The highest BCUT2D eigenvalue weighted by atomic mass is 16.6. The van der Waals surface area contributed by atoms with Gasteiger partial charge in [-0.3, -0.25) is 38.5 Å². The molecular weight excluding hydrogens is 1700 g/mol. The molecule has 7 aromatic rings. The summed E-state index contributed by atoms with van der Waals surface area (Å²) < 4.78 is 42.2. The average Bonchev–Trinajstić information content (AvgIpc) is 1.61. The maximum atomic E-state index is 13.8. The smallest absolute Gasteiger partial charge is 0.407 e. The summed E-state index contributed by atoms with van der Waals surface area (Å²) in [7, 11) is 1.67. The van der Waals surface area contributed by atoms with Gasteiger partial charge in [-0.15, -0.1) is 0 Å². The molecule has 5 aliphatic heterocycles. The van der Waals surface area contributed by atoms with E-state index in [1.807, 2.05) is 82.7 Å². The molecule has 8 atom stereocenters. The molecule has 0 bridgehead atoms. The number of benzene rings is 2. The minimum absolute atomic E-state index is 0.00721. The number of nitrogens with zero attached hydrogens (tertiary/aromatic N) is 15. The number of ether oxygens (including phenoxy) is 6. The molecular formula is C98H133N19O16. The Morgan fingerprint density at radius 2 is 1.43 bits per heavy atom. The zero-order valence-corrected chi connectivity index (χ0v) is 77.9. The second kappa shape index (κ2) is 49.5. The first-order valence-corrected chi connectivity index (χ1v) is 47.5. The molecule has 5 fully saturated rings. The molecule has 35 heteroatoms. The summed E-state index contributed by atoms with van der Waals surface area (Å²) in [6, 6.07) is 11.9. The maximum Gasteiger partial charge on any atom is 0.407 e. The number of nitrogens with two attached hydrogens (primary N) is 2. The van der Waals surface area contributed by atoms with Gasteiger partial charge in [-0.1, -0.05) is 75.4 Å². The number of likely N-dealkylation sites (tertiary alicyclic amines) is 1. The van der Waals surface area contributed by atoms with Gasteiger partial charge in [0.1, 0.15) is 47.5 Å². The summed E-state index contributed by atoms with van der Waals surface area (Å²) in [5, 5.41) is 22.4. The number of carbonyl (C=O) groups is 8. The number of rotatable bonds is 45. The minimum Gasteiger partial charge on any atom is -0.465 e. The summed E-state index contributed by atoms with van der Waals surface area (Å²) in [5.74, 6) is 0.723. The number of aliphatic hydroxyl groups is 1. The van der Waals surface area contributed by atoms with Crippen molar-refractivity contribution in [3.05, 3.63) is 143 Å². The van der Waals surface area contributed by atoms with Gasteiger partial charge >= 0.3 is 6.09 Å². The van der Waals surface area contributed by atoms with Gasteiger partial charge in [-0.25, -0.2) is 39.4 Å². The van der Waals surface area contributed by atoms with Crippen LogP contribution in [0.25, 0.3) is 33.4 Å². The number of amides is 5. The predicted molar refractivity (Wildman–Crippen MR) is 502 cm³/mol. The molecule has 1 aliphatic carbocycles. The number of anilines is 4. The van der Waals surface area contributed by atoms with Crippen molar-refractivity contribution in [3.8, 4) is 11.3 Å². The predicted octanol–water partition coefficient (Wildman–Crippen LogP) is 10.5. The van der Waals surface area contributed by atoms with E-state index < -0.39 is 30.0 Å². The number of Topliss-reactive ketones (excluding diaryl/α,β-unsaturated/α-hetero) is 2. The number of hydrogen-bond donors (Lipinski definition) is 5. The first-order chi connectivity index (χ1) is 64.5. The number of carbonyl (C=O) groups excluding carboxylic acids is 8. The van der Waals surface area contributed by atoms with Crippen molar-refractivity contribution in [1.29, 1.82) is 0 Å². The lowest BCUT2D eigenvalue weighted by Crippen LogP contribution is -2.49. The molecule has 10 heterocycles. The number of aliphatic hydroxyl groups excluding tert-OH is 1. The number of oxazole rings is 1. The number of allylic oxidation sites excluding steroid dienone is 6. The number of aromatic nitrogens is 9. The SMILES string of the molecule is CO[C@@H](CC1CCCC(C(=O)C(=O)N2CCCCC2)O1)/C(C)=C/C=C/C=C/[C@@H](C)C[C@@H](C)C(=O)C[C@H](O)/C(C)=C/[C@@H](C)CC[C@@H](CCC1CCC(OC(=O)NCCOCCC(=O)NCc2cnc(N3CCN(C(=O)CCOCCN4CCN(c5ncc(C(=O)N6CCc7cc(Cn8nc(-c9ccc%10oc(N)nc%10c9)c9c(N)ncnc98)ccc7C6)cn5)CC4)CC3)nc2)CC1)OC=O. The Hall–Kier alpha value is -11.5. The van der Waals surface area contributed by atoms with Crippen LogP contribution in [0.5, 0.6) is 0 Å².